The van der Waals surface area contributed by atoms with E-state index >= 15 is 0 Å². The molecule has 0 unspecified atom stereocenters. The van der Waals surface area contributed by atoms with Crippen LogP contribution in [0.3, 0.4) is 0 Å². The Morgan fingerprint density at radius 1 is 0.243 bits per heavy atom. The van der Waals surface area contributed by atoms with E-state index in [2.05, 4.69) is 182 Å². The van der Waals surface area contributed by atoms with Gasteiger partial charge in [0.15, 0.2) is 10.9 Å². The quantitative estimate of drug-likeness (QED) is 0.165. The van der Waals surface area contributed by atoms with Crippen molar-refractivity contribution in [1.82, 2.24) is 0 Å². The molecule has 0 fully saturated rings. The minimum atomic E-state index is 0.0387. The Morgan fingerprint density at radius 2 is 0.557 bits per heavy atom. The Morgan fingerprint density at radius 3 is 0.943 bits per heavy atom. The van der Waals surface area contributed by atoms with Gasteiger partial charge >= 0.3 is 0 Å². The number of rotatable bonds is 4. The smallest absolute Gasteiger partial charge is 0.194 e. The highest BCUT2D eigenvalue weighted by atomic mass is 16.1. The highest BCUT2D eigenvalue weighted by Gasteiger charge is 2.28. The third kappa shape index (κ3) is 5.33. The molecule has 70 heavy (non-hydrogen) atoms. The van der Waals surface area contributed by atoms with Gasteiger partial charge in [0, 0.05) is 21.5 Å². The van der Waals surface area contributed by atoms with E-state index in [1.165, 1.54) is 27.5 Å². The lowest BCUT2D eigenvalue weighted by atomic mass is 9.78. The number of hydrogen-bond donors (Lipinski definition) is 0. The largest absolute Gasteiger partial charge is 0.289 e. The van der Waals surface area contributed by atoms with Crippen LogP contribution in [0.4, 0.5) is 0 Å². The molecule has 0 atom stereocenters. The van der Waals surface area contributed by atoms with Crippen LogP contribution < -0.4 is 10.9 Å². The van der Waals surface area contributed by atoms with Gasteiger partial charge in [-0.2, -0.15) is 0 Å². The Labute approximate surface area is 402 Å². The van der Waals surface area contributed by atoms with Crippen molar-refractivity contribution >= 4 is 113 Å². The molecule has 324 valence electrons. The standard InChI is InChI=1S/C68H40O2/c69-67-52-34-18-8-24-42(52)54-36-56-57(37-59(54)67)65(63-47-29-13-9-25-43(47)61(39-19-3-1-4-20-39)44-26-10-14-30-48(44)63)55-35-53-41-23-7-17-33-51(41)68(70)60(53)38-58(55)66(56)64-49-31-15-11-27-45(49)62(40-21-5-2-6-22-40)46-28-12-16-32-50(46)64/h1,3-5,7-38H,2,6H2. The molecule has 14 aromatic carbocycles. The molecule has 0 bridgehead atoms. The van der Waals surface area contributed by atoms with Gasteiger partial charge < -0.3 is 0 Å². The third-order valence-electron chi connectivity index (χ3n) is 15.5. The van der Waals surface area contributed by atoms with Crippen molar-refractivity contribution in [3.63, 3.8) is 0 Å². The molecule has 0 saturated carbocycles. The number of hydrogen-bond acceptors (Lipinski definition) is 2. The van der Waals surface area contributed by atoms with E-state index in [-0.39, 0.29) is 10.9 Å². The fourth-order valence-corrected chi connectivity index (χ4v) is 12.6. The zero-order chi connectivity index (χ0) is 46.2. The summed E-state index contributed by atoms with van der Waals surface area (Å²) in [5, 5.41) is 19.9. The van der Waals surface area contributed by atoms with Crippen LogP contribution in [0.15, 0.2) is 228 Å². The summed E-state index contributed by atoms with van der Waals surface area (Å²) in [4.78, 5) is 29.7. The van der Waals surface area contributed by atoms with Crippen LogP contribution in [0.1, 0.15) is 18.4 Å². The summed E-state index contributed by atoms with van der Waals surface area (Å²) in [5.41, 5.74) is 9.23. The topological polar surface area (TPSA) is 34.1 Å². The highest BCUT2D eigenvalue weighted by molar-refractivity contribution is 6.36. The SMILES string of the molecule is O=c1c2ccccc2c2cc3c(-c4c5ccccc5c(C5=CCCC=C5)c5ccccc45)c4cc5c(=O)c6ccccc6c5cc4c(-c4c5ccccc5c(-c5ccccc5)c5ccccc45)c3cc12. The van der Waals surface area contributed by atoms with E-state index in [9.17, 15) is 9.59 Å². The van der Waals surface area contributed by atoms with Crippen LogP contribution >= 0.6 is 0 Å². The minimum absolute atomic E-state index is 0.0387. The molecule has 0 amide bonds. The van der Waals surface area contributed by atoms with Crippen molar-refractivity contribution in [2.75, 3.05) is 0 Å². The minimum Gasteiger partial charge on any atom is -0.289 e. The second kappa shape index (κ2) is 14.8. The van der Waals surface area contributed by atoms with Crippen molar-refractivity contribution in [2.24, 2.45) is 0 Å². The summed E-state index contributed by atoms with van der Waals surface area (Å²) in [6.07, 6.45) is 9.00. The Hall–Kier alpha value is -8.98. The van der Waals surface area contributed by atoms with Crippen molar-refractivity contribution in [3.05, 3.63) is 244 Å². The normalized spacial score (nSPS) is 13.2. The van der Waals surface area contributed by atoms with E-state index in [1.807, 2.05) is 36.4 Å². The van der Waals surface area contributed by atoms with Crippen LogP contribution in [0, 0.1) is 0 Å². The van der Waals surface area contributed by atoms with E-state index in [1.54, 1.807) is 0 Å². The van der Waals surface area contributed by atoms with Gasteiger partial charge in [0.25, 0.3) is 0 Å². The van der Waals surface area contributed by atoms with Crippen LogP contribution in [0.25, 0.3) is 147 Å². The van der Waals surface area contributed by atoms with Crippen LogP contribution in [0.2, 0.25) is 0 Å². The molecular weight excluding hydrogens is 849 g/mol. The first-order chi connectivity index (χ1) is 34.6. The number of allylic oxidation sites excluding steroid dienone is 4. The summed E-state index contributed by atoms with van der Waals surface area (Å²) < 4.78 is 0. The van der Waals surface area contributed by atoms with Crippen molar-refractivity contribution in [2.45, 2.75) is 12.8 Å². The van der Waals surface area contributed by atoms with Gasteiger partial charge in [0.05, 0.1) is 0 Å². The second-order valence-corrected chi connectivity index (χ2v) is 19.1. The van der Waals surface area contributed by atoms with Gasteiger partial charge in [-0.25, -0.2) is 0 Å². The summed E-state index contributed by atoms with van der Waals surface area (Å²) in [7, 11) is 0. The van der Waals surface area contributed by atoms with E-state index in [0.29, 0.717) is 10.8 Å². The first-order valence-electron chi connectivity index (χ1n) is 24.3. The zero-order valence-corrected chi connectivity index (χ0v) is 38.0. The fourth-order valence-electron chi connectivity index (χ4n) is 12.6. The van der Waals surface area contributed by atoms with Crippen LogP contribution in [-0.4, -0.2) is 0 Å². The lowest BCUT2D eigenvalue weighted by Gasteiger charge is -2.24. The Balaban J connectivity index is 1.24. The first-order valence-corrected chi connectivity index (χ1v) is 24.3. The molecule has 1 aliphatic carbocycles. The lowest BCUT2D eigenvalue weighted by Crippen LogP contribution is -1.99. The predicted molar refractivity (Wildman–Crippen MR) is 299 cm³/mol. The maximum absolute atomic E-state index is 14.8. The van der Waals surface area contributed by atoms with Crippen molar-refractivity contribution < 1.29 is 0 Å². The van der Waals surface area contributed by atoms with E-state index in [0.717, 1.165) is 127 Å². The molecule has 0 N–H and O–H groups in total. The van der Waals surface area contributed by atoms with Crippen molar-refractivity contribution in [3.8, 4) is 33.4 Å². The molecule has 14 aromatic rings. The maximum atomic E-state index is 14.8. The first kappa shape index (κ1) is 39.1. The number of fused-ring (bicyclic) bond motifs is 12. The fraction of sp³-hybridized carbons (Fsp3) is 0.0294. The highest BCUT2D eigenvalue weighted by Crippen LogP contribution is 2.54. The van der Waals surface area contributed by atoms with Gasteiger partial charge in [0.1, 0.15) is 0 Å². The van der Waals surface area contributed by atoms with E-state index in [4.69, 9.17) is 0 Å². The second-order valence-electron chi connectivity index (χ2n) is 19.1. The Kier molecular flexibility index (Phi) is 8.24. The third-order valence-corrected chi connectivity index (χ3v) is 15.5. The molecule has 0 heterocycles. The molecule has 0 aliphatic heterocycles. The summed E-state index contributed by atoms with van der Waals surface area (Å²) in [5.74, 6) is 0. The van der Waals surface area contributed by atoms with Crippen LogP contribution in [-0.2, 0) is 0 Å². The molecule has 2 heteroatoms. The van der Waals surface area contributed by atoms with E-state index < -0.39 is 0 Å². The Bertz CT molecular complexity index is 4670. The molecule has 0 radical (unpaired) electrons. The maximum Gasteiger partial charge on any atom is 0.194 e. The van der Waals surface area contributed by atoms with Gasteiger partial charge in [-0.1, -0.05) is 194 Å². The van der Waals surface area contributed by atoms with Gasteiger partial charge in [-0.05, 0) is 168 Å². The molecule has 0 spiro atoms. The van der Waals surface area contributed by atoms with Gasteiger partial charge in [0.2, 0.25) is 0 Å². The molecular formula is C68H40O2. The van der Waals surface area contributed by atoms with Crippen LogP contribution in [0.5, 0.6) is 0 Å². The van der Waals surface area contributed by atoms with Gasteiger partial charge in [-0.15, -0.1) is 0 Å². The molecule has 1 aliphatic rings. The molecule has 15 rings (SSSR count). The molecule has 0 saturated heterocycles. The summed E-state index contributed by atoms with van der Waals surface area (Å²) in [6.45, 7) is 0. The predicted octanol–water partition coefficient (Wildman–Crippen LogP) is 17.5. The van der Waals surface area contributed by atoms with Crippen molar-refractivity contribution in [1.29, 1.82) is 0 Å². The lowest BCUT2D eigenvalue weighted by molar-refractivity contribution is 1.04. The monoisotopic (exact) mass is 888 g/mol. The molecule has 0 aromatic heterocycles. The number of benzene rings is 12. The zero-order valence-electron chi connectivity index (χ0n) is 38.0. The summed E-state index contributed by atoms with van der Waals surface area (Å²) in [6, 6.07) is 71.2. The average molecular weight is 889 g/mol. The van der Waals surface area contributed by atoms with Gasteiger partial charge in [-0.3, -0.25) is 9.59 Å². The molecule has 2 nitrogen and oxygen atoms in total. The summed E-state index contributed by atoms with van der Waals surface area (Å²) >= 11 is 0. The average Bonchev–Trinajstić information content (AvgIpc) is 3.86.